The predicted octanol–water partition coefficient (Wildman–Crippen LogP) is 1.73. The Labute approximate surface area is 111 Å². The van der Waals surface area contributed by atoms with Crippen molar-refractivity contribution in [1.29, 1.82) is 0 Å². The van der Waals surface area contributed by atoms with Gasteiger partial charge in [0.1, 0.15) is 6.29 Å². The molecule has 106 valence electrons. The van der Waals surface area contributed by atoms with Crippen LogP contribution in [0.3, 0.4) is 0 Å². The molecule has 1 heterocycles. The number of methoxy groups -OCH3 is 1. The second-order valence-corrected chi connectivity index (χ2v) is 5.31. The van der Waals surface area contributed by atoms with Crippen LogP contribution < -0.4 is 0 Å². The zero-order valence-electron chi connectivity index (χ0n) is 12.0. The maximum Gasteiger partial charge on any atom is 0.127 e. The lowest BCUT2D eigenvalue weighted by Crippen LogP contribution is -2.46. The Bertz CT molecular complexity index is 239. The number of hydrogen-bond acceptors (Lipinski definition) is 4. The summed E-state index contributed by atoms with van der Waals surface area (Å²) >= 11 is 0. The van der Waals surface area contributed by atoms with Crippen molar-refractivity contribution in [3.05, 3.63) is 0 Å². The third kappa shape index (κ3) is 4.34. The number of carbonyl (C=O) groups is 1. The third-order valence-electron chi connectivity index (χ3n) is 4.05. The van der Waals surface area contributed by atoms with E-state index in [2.05, 4.69) is 18.7 Å². The van der Waals surface area contributed by atoms with Gasteiger partial charge in [-0.25, -0.2) is 0 Å². The Morgan fingerprint density at radius 3 is 2.61 bits per heavy atom. The van der Waals surface area contributed by atoms with E-state index in [1.807, 2.05) is 0 Å². The van der Waals surface area contributed by atoms with E-state index >= 15 is 0 Å². The van der Waals surface area contributed by atoms with E-state index in [1.54, 1.807) is 7.11 Å². The van der Waals surface area contributed by atoms with Crippen LogP contribution in [-0.2, 0) is 14.3 Å². The Morgan fingerprint density at radius 2 is 2.11 bits per heavy atom. The molecule has 1 unspecified atom stereocenters. The molecular weight excluding hydrogens is 230 g/mol. The van der Waals surface area contributed by atoms with Crippen molar-refractivity contribution in [1.82, 2.24) is 4.90 Å². The van der Waals surface area contributed by atoms with Crippen LogP contribution in [0.2, 0.25) is 0 Å². The van der Waals surface area contributed by atoms with Gasteiger partial charge in [-0.15, -0.1) is 0 Å². The highest BCUT2D eigenvalue weighted by Gasteiger charge is 2.35. The summed E-state index contributed by atoms with van der Waals surface area (Å²) in [5.74, 6) is 0. The number of hydrogen-bond donors (Lipinski definition) is 0. The Kier molecular flexibility index (Phi) is 6.82. The third-order valence-corrected chi connectivity index (χ3v) is 4.05. The van der Waals surface area contributed by atoms with Gasteiger partial charge in [0.2, 0.25) is 0 Å². The molecule has 1 atom stereocenters. The molecule has 1 saturated heterocycles. The summed E-state index contributed by atoms with van der Waals surface area (Å²) in [5, 5.41) is 0. The quantitative estimate of drug-likeness (QED) is 0.621. The van der Waals surface area contributed by atoms with Gasteiger partial charge in [0, 0.05) is 44.9 Å². The van der Waals surface area contributed by atoms with E-state index in [-0.39, 0.29) is 5.41 Å². The molecular formula is C14H27NO3. The minimum atomic E-state index is -0.213. The fourth-order valence-electron chi connectivity index (χ4n) is 2.42. The highest BCUT2D eigenvalue weighted by atomic mass is 16.5. The molecule has 0 aromatic heterocycles. The summed E-state index contributed by atoms with van der Waals surface area (Å²) in [4.78, 5) is 13.9. The molecule has 0 saturated carbocycles. The first kappa shape index (κ1) is 15.6. The van der Waals surface area contributed by atoms with Gasteiger partial charge in [0.25, 0.3) is 0 Å². The molecule has 0 N–H and O–H groups in total. The Balaban J connectivity index is 2.63. The van der Waals surface area contributed by atoms with Gasteiger partial charge in [0.05, 0.1) is 6.61 Å². The fourth-order valence-corrected chi connectivity index (χ4v) is 2.42. The molecule has 0 aromatic rings. The lowest BCUT2D eigenvalue weighted by atomic mass is 9.81. The molecule has 4 nitrogen and oxygen atoms in total. The van der Waals surface area contributed by atoms with Crippen LogP contribution in [0.4, 0.5) is 0 Å². The average Bonchev–Trinajstić information content (AvgIpc) is 2.43. The van der Waals surface area contributed by atoms with Crippen LogP contribution in [-0.4, -0.2) is 57.2 Å². The maximum absolute atomic E-state index is 11.5. The minimum absolute atomic E-state index is 0.213. The van der Waals surface area contributed by atoms with Crippen molar-refractivity contribution < 1.29 is 14.3 Å². The van der Waals surface area contributed by atoms with Gasteiger partial charge in [-0.2, -0.15) is 0 Å². The van der Waals surface area contributed by atoms with Gasteiger partial charge >= 0.3 is 0 Å². The highest BCUT2D eigenvalue weighted by Crippen LogP contribution is 2.30. The van der Waals surface area contributed by atoms with Gasteiger partial charge < -0.3 is 14.3 Å². The summed E-state index contributed by atoms with van der Waals surface area (Å²) in [6, 6.07) is 0.486. The van der Waals surface area contributed by atoms with Crippen molar-refractivity contribution in [2.24, 2.45) is 5.41 Å². The Hall–Kier alpha value is -0.450. The predicted molar refractivity (Wildman–Crippen MR) is 71.8 cm³/mol. The number of nitrogens with zero attached hydrogens (tertiary/aromatic N) is 1. The number of carbonyl (C=O) groups excluding carboxylic acids is 1. The number of rotatable bonds is 8. The molecule has 0 bridgehead atoms. The van der Waals surface area contributed by atoms with E-state index in [4.69, 9.17) is 9.47 Å². The second kappa shape index (κ2) is 7.87. The van der Waals surface area contributed by atoms with Crippen molar-refractivity contribution >= 4 is 6.29 Å². The molecule has 1 aliphatic rings. The van der Waals surface area contributed by atoms with Crippen molar-refractivity contribution in [2.45, 2.75) is 39.2 Å². The van der Waals surface area contributed by atoms with Crippen molar-refractivity contribution in [2.75, 3.05) is 40.0 Å². The molecule has 0 radical (unpaired) electrons. The van der Waals surface area contributed by atoms with Crippen LogP contribution in [0.15, 0.2) is 0 Å². The number of aldehydes is 1. The normalized spacial score (nSPS) is 20.9. The van der Waals surface area contributed by atoms with Crippen LogP contribution in [0.25, 0.3) is 0 Å². The minimum Gasteiger partial charge on any atom is -0.383 e. The molecule has 0 aliphatic carbocycles. The molecule has 4 heteroatoms. The SMILES string of the molecule is CCC(C)N(CCOC)CC1(C=O)CCOCC1. The molecule has 18 heavy (non-hydrogen) atoms. The monoisotopic (exact) mass is 257 g/mol. The van der Waals surface area contributed by atoms with E-state index in [9.17, 15) is 4.79 Å². The van der Waals surface area contributed by atoms with Gasteiger partial charge in [-0.05, 0) is 26.2 Å². The summed E-state index contributed by atoms with van der Waals surface area (Å²) in [7, 11) is 1.72. The standard InChI is InChI=1S/C14H27NO3/c1-4-13(2)15(7-10-17-3)11-14(12-16)5-8-18-9-6-14/h12-13H,4-11H2,1-3H3. The Morgan fingerprint density at radius 1 is 1.44 bits per heavy atom. The van der Waals surface area contributed by atoms with E-state index < -0.39 is 0 Å². The van der Waals surface area contributed by atoms with E-state index in [0.717, 1.165) is 45.2 Å². The van der Waals surface area contributed by atoms with Crippen LogP contribution >= 0.6 is 0 Å². The molecule has 0 spiro atoms. The van der Waals surface area contributed by atoms with Gasteiger partial charge in [-0.3, -0.25) is 4.90 Å². The second-order valence-electron chi connectivity index (χ2n) is 5.31. The molecule has 0 aromatic carbocycles. The van der Waals surface area contributed by atoms with Crippen LogP contribution in [0, 0.1) is 5.41 Å². The first-order chi connectivity index (χ1) is 8.67. The zero-order valence-corrected chi connectivity index (χ0v) is 12.0. The topological polar surface area (TPSA) is 38.8 Å². The maximum atomic E-state index is 11.5. The van der Waals surface area contributed by atoms with Crippen molar-refractivity contribution in [3.63, 3.8) is 0 Å². The summed E-state index contributed by atoms with van der Waals surface area (Å²) < 4.78 is 10.5. The van der Waals surface area contributed by atoms with Crippen molar-refractivity contribution in [3.8, 4) is 0 Å². The summed E-state index contributed by atoms with van der Waals surface area (Å²) in [5.41, 5.74) is -0.213. The van der Waals surface area contributed by atoms with E-state index in [0.29, 0.717) is 19.3 Å². The highest BCUT2D eigenvalue weighted by molar-refractivity contribution is 5.60. The fraction of sp³-hybridized carbons (Fsp3) is 0.929. The summed E-state index contributed by atoms with van der Waals surface area (Å²) in [6.45, 7) is 8.25. The number of ether oxygens (including phenoxy) is 2. The first-order valence-corrected chi connectivity index (χ1v) is 6.94. The lowest BCUT2D eigenvalue weighted by molar-refractivity contribution is -0.123. The molecule has 0 amide bonds. The average molecular weight is 257 g/mol. The zero-order chi connectivity index (χ0) is 13.4. The molecule has 1 aliphatic heterocycles. The van der Waals surface area contributed by atoms with Gasteiger partial charge in [0.15, 0.2) is 0 Å². The lowest BCUT2D eigenvalue weighted by Gasteiger charge is -2.39. The smallest absolute Gasteiger partial charge is 0.127 e. The largest absolute Gasteiger partial charge is 0.383 e. The van der Waals surface area contributed by atoms with Crippen LogP contribution in [0.5, 0.6) is 0 Å². The molecule has 1 rings (SSSR count). The van der Waals surface area contributed by atoms with Gasteiger partial charge in [-0.1, -0.05) is 6.92 Å². The summed E-state index contributed by atoms with van der Waals surface area (Å²) in [6.07, 6.45) is 3.93. The first-order valence-electron chi connectivity index (χ1n) is 6.94. The van der Waals surface area contributed by atoms with E-state index in [1.165, 1.54) is 0 Å². The van der Waals surface area contributed by atoms with Crippen LogP contribution in [0.1, 0.15) is 33.1 Å². The molecule has 1 fully saturated rings.